The first-order valence-corrected chi connectivity index (χ1v) is 5.13. The molecular formula is C12H10F3NO. The third-order valence-corrected chi connectivity index (χ3v) is 2.70. The van der Waals surface area contributed by atoms with Gasteiger partial charge in [-0.05, 0) is 31.2 Å². The van der Waals surface area contributed by atoms with Gasteiger partial charge in [-0.3, -0.25) is 4.79 Å². The van der Waals surface area contributed by atoms with Crippen molar-refractivity contribution >= 4 is 17.2 Å². The van der Waals surface area contributed by atoms with Crippen molar-refractivity contribution in [3.8, 4) is 0 Å². The second-order valence-corrected chi connectivity index (χ2v) is 3.70. The van der Waals surface area contributed by atoms with Gasteiger partial charge in [0.1, 0.15) is 0 Å². The lowest BCUT2D eigenvalue weighted by molar-refractivity contribution is -0.137. The zero-order valence-electron chi connectivity index (χ0n) is 9.08. The number of alkyl halides is 3. The predicted octanol–water partition coefficient (Wildman–Crippen LogP) is 3.49. The Balaban J connectivity index is 2.68. The van der Waals surface area contributed by atoms with E-state index in [0.29, 0.717) is 29.4 Å². The molecule has 0 radical (unpaired) electrons. The summed E-state index contributed by atoms with van der Waals surface area (Å²) in [6, 6.07) is 4.97. The van der Waals surface area contributed by atoms with E-state index in [9.17, 15) is 18.0 Å². The molecule has 2 aromatic rings. The van der Waals surface area contributed by atoms with Crippen LogP contribution in [0.1, 0.15) is 23.0 Å². The molecule has 5 heteroatoms. The Morgan fingerprint density at radius 1 is 1.29 bits per heavy atom. The van der Waals surface area contributed by atoms with Crippen molar-refractivity contribution in [1.29, 1.82) is 0 Å². The van der Waals surface area contributed by atoms with Crippen LogP contribution in [0.5, 0.6) is 0 Å². The van der Waals surface area contributed by atoms with E-state index < -0.39 is 11.7 Å². The van der Waals surface area contributed by atoms with Crippen molar-refractivity contribution < 1.29 is 18.0 Å². The number of nitrogens with zero attached hydrogens (tertiary/aromatic N) is 1. The number of hydrogen-bond acceptors (Lipinski definition) is 1. The number of rotatable bonds is 2. The largest absolute Gasteiger partial charge is 0.416 e. The number of aryl methyl sites for hydroxylation is 1. The molecule has 1 aromatic heterocycles. The summed E-state index contributed by atoms with van der Waals surface area (Å²) in [7, 11) is 0. The molecule has 90 valence electrons. The Bertz CT molecular complexity index is 569. The molecule has 0 saturated heterocycles. The van der Waals surface area contributed by atoms with E-state index in [1.54, 1.807) is 4.57 Å². The Hall–Kier alpha value is -1.78. The highest BCUT2D eigenvalue weighted by Crippen LogP contribution is 2.32. The van der Waals surface area contributed by atoms with Crippen LogP contribution in [-0.4, -0.2) is 10.9 Å². The van der Waals surface area contributed by atoms with Gasteiger partial charge in [0.2, 0.25) is 0 Å². The van der Waals surface area contributed by atoms with E-state index >= 15 is 0 Å². The van der Waals surface area contributed by atoms with Crippen LogP contribution in [0.3, 0.4) is 0 Å². The summed E-state index contributed by atoms with van der Waals surface area (Å²) in [6.45, 7) is 2.38. The highest BCUT2D eigenvalue weighted by Gasteiger charge is 2.30. The lowest BCUT2D eigenvalue weighted by atomic mass is 10.1. The first-order chi connectivity index (χ1) is 7.97. The minimum atomic E-state index is -4.36. The van der Waals surface area contributed by atoms with Crippen molar-refractivity contribution in [3.05, 3.63) is 35.5 Å². The Kier molecular flexibility index (Phi) is 2.69. The maximum Gasteiger partial charge on any atom is 0.416 e. The number of halogens is 3. The number of fused-ring (bicyclic) bond motifs is 1. The lowest BCUT2D eigenvalue weighted by Gasteiger charge is -2.07. The molecule has 0 aliphatic carbocycles. The molecule has 1 aromatic carbocycles. The van der Waals surface area contributed by atoms with Gasteiger partial charge in [0.25, 0.3) is 0 Å². The molecule has 2 rings (SSSR count). The molecule has 0 amide bonds. The summed E-state index contributed by atoms with van der Waals surface area (Å²) in [5.74, 6) is 0. The Morgan fingerprint density at radius 3 is 2.53 bits per heavy atom. The molecule has 0 unspecified atom stereocenters. The average Bonchev–Trinajstić information content (AvgIpc) is 2.64. The van der Waals surface area contributed by atoms with Gasteiger partial charge in [0.15, 0.2) is 6.29 Å². The second kappa shape index (κ2) is 3.91. The van der Waals surface area contributed by atoms with E-state index in [4.69, 9.17) is 0 Å². The number of hydrogen-bond donors (Lipinski definition) is 0. The fraction of sp³-hybridized carbons (Fsp3) is 0.250. The summed E-state index contributed by atoms with van der Waals surface area (Å²) in [4.78, 5) is 10.8. The van der Waals surface area contributed by atoms with Gasteiger partial charge in [0.05, 0.1) is 11.3 Å². The standard InChI is InChI=1S/C12H10F3NO/c1-2-16-10(7-17)6-8-5-9(12(13,14)15)3-4-11(8)16/h3-7H,2H2,1H3. The van der Waals surface area contributed by atoms with Crippen molar-refractivity contribution in [1.82, 2.24) is 4.57 Å². The molecule has 0 aliphatic rings. The molecule has 0 fully saturated rings. The van der Waals surface area contributed by atoms with Crippen LogP contribution in [-0.2, 0) is 12.7 Å². The van der Waals surface area contributed by atoms with Crippen molar-refractivity contribution in [2.75, 3.05) is 0 Å². The molecule has 17 heavy (non-hydrogen) atoms. The Labute approximate surface area is 95.7 Å². The van der Waals surface area contributed by atoms with Crippen LogP contribution in [0.15, 0.2) is 24.3 Å². The molecular weight excluding hydrogens is 231 g/mol. The van der Waals surface area contributed by atoms with Gasteiger partial charge in [0, 0.05) is 17.4 Å². The zero-order valence-corrected chi connectivity index (χ0v) is 9.08. The van der Waals surface area contributed by atoms with Gasteiger partial charge >= 0.3 is 6.18 Å². The van der Waals surface area contributed by atoms with Gasteiger partial charge in [-0.1, -0.05) is 0 Å². The third kappa shape index (κ3) is 1.92. The molecule has 0 N–H and O–H groups in total. The van der Waals surface area contributed by atoms with Crippen LogP contribution < -0.4 is 0 Å². The quantitative estimate of drug-likeness (QED) is 0.737. The fourth-order valence-electron chi connectivity index (χ4n) is 1.92. The highest BCUT2D eigenvalue weighted by molar-refractivity contribution is 5.89. The molecule has 0 atom stereocenters. The smallest absolute Gasteiger partial charge is 0.339 e. The maximum atomic E-state index is 12.5. The van der Waals surface area contributed by atoms with E-state index in [2.05, 4.69) is 0 Å². The topological polar surface area (TPSA) is 22.0 Å². The SMILES string of the molecule is CCn1c(C=O)cc2cc(C(F)(F)F)ccc21. The van der Waals surface area contributed by atoms with Crippen LogP contribution in [0.25, 0.3) is 10.9 Å². The minimum absolute atomic E-state index is 0.391. The van der Waals surface area contributed by atoms with Gasteiger partial charge in [-0.15, -0.1) is 0 Å². The number of aldehydes is 1. The third-order valence-electron chi connectivity index (χ3n) is 2.70. The minimum Gasteiger partial charge on any atom is -0.339 e. The molecule has 0 bridgehead atoms. The van der Waals surface area contributed by atoms with Crippen LogP contribution in [0.2, 0.25) is 0 Å². The number of carbonyl (C=O) groups is 1. The number of aromatic nitrogens is 1. The summed E-state index contributed by atoms with van der Waals surface area (Å²) in [5, 5.41) is 0.434. The lowest BCUT2D eigenvalue weighted by Crippen LogP contribution is -2.04. The molecule has 2 nitrogen and oxygen atoms in total. The first-order valence-electron chi connectivity index (χ1n) is 5.13. The molecule has 0 spiro atoms. The predicted molar refractivity (Wildman–Crippen MR) is 58.0 cm³/mol. The van der Waals surface area contributed by atoms with E-state index in [1.807, 2.05) is 6.92 Å². The van der Waals surface area contributed by atoms with Crippen molar-refractivity contribution in [2.45, 2.75) is 19.6 Å². The second-order valence-electron chi connectivity index (χ2n) is 3.70. The summed E-state index contributed by atoms with van der Waals surface area (Å²) < 4.78 is 39.2. The summed E-state index contributed by atoms with van der Waals surface area (Å²) in [5.41, 5.74) is 0.333. The van der Waals surface area contributed by atoms with Crippen molar-refractivity contribution in [3.63, 3.8) is 0 Å². The van der Waals surface area contributed by atoms with Gasteiger partial charge in [-0.2, -0.15) is 13.2 Å². The number of benzene rings is 1. The summed E-state index contributed by atoms with van der Waals surface area (Å²) in [6.07, 6.45) is -3.71. The monoisotopic (exact) mass is 241 g/mol. The highest BCUT2D eigenvalue weighted by atomic mass is 19.4. The van der Waals surface area contributed by atoms with Gasteiger partial charge in [-0.25, -0.2) is 0 Å². The summed E-state index contributed by atoms with van der Waals surface area (Å²) >= 11 is 0. The van der Waals surface area contributed by atoms with Crippen LogP contribution >= 0.6 is 0 Å². The molecule has 0 aliphatic heterocycles. The zero-order chi connectivity index (χ0) is 12.6. The fourth-order valence-corrected chi connectivity index (χ4v) is 1.92. The molecule has 0 saturated carbocycles. The van der Waals surface area contributed by atoms with Gasteiger partial charge < -0.3 is 4.57 Å². The normalized spacial score (nSPS) is 12.0. The van der Waals surface area contributed by atoms with Crippen LogP contribution in [0, 0.1) is 0 Å². The first kappa shape index (κ1) is 11.7. The van der Waals surface area contributed by atoms with Crippen molar-refractivity contribution in [2.24, 2.45) is 0 Å². The van der Waals surface area contributed by atoms with Crippen LogP contribution in [0.4, 0.5) is 13.2 Å². The van der Waals surface area contributed by atoms with E-state index in [1.165, 1.54) is 12.1 Å². The average molecular weight is 241 g/mol. The Morgan fingerprint density at radius 2 is 2.00 bits per heavy atom. The molecule has 1 heterocycles. The van der Waals surface area contributed by atoms with E-state index in [-0.39, 0.29) is 0 Å². The maximum absolute atomic E-state index is 12.5. The number of carbonyl (C=O) groups excluding carboxylic acids is 1. The van der Waals surface area contributed by atoms with E-state index in [0.717, 1.165) is 12.1 Å².